The maximum atomic E-state index is 5.96. The normalized spacial score (nSPS) is 19.5. The molecule has 2 N–H and O–H groups in total. The van der Waals surface area contributed by atoms with E-state index in [1.165, 1.54) is 29.5 Å². The van der Waals surface area contributed by atoms with Crippen LogP contribution in [-0.2, 0) is 6.42 Å². The third-order valence-electron chi connectivity index (χ3n) is 4.21. The molecule has 0 bridgehead atoms. The standard InChI is InChI=1S/C15H23N/c1-11-4-5-13(8-12(11)2)9-15(3,10-16)14-6-7-14/h4-5,8,14H,6-7,9-10,16H2,1-3H3. The molecular formula is C15H23N. The molecule has 1 atom stereocenters. The fourth-order valence-corrected chi connectivity index (χ4v) is 2.54. The summed E-state index contributed by atoms with van der Waals surface area (Å²) in [5, 5.41) is 0. The van der Waals surface area contributed by atoms with Crippen LogP contribution in [0.2, 0.25) is 0 Å². The van der Waals surface area contributed by atoms with E-state index in [4.69, 9.17) is 5.73 Å². The van der Waals surface area contributed by atoms with Gasteiger partial charge in [-0.3, -0.25) is 0 Å². The molecule has 0 aromatic heterocycles. The topological polar surface area (TPSA) is 26.0 Å². The second-order valence-corrected chi connectivity index (χ2v) is 5.73. The van der Waals surface area contributed by atoms with E-state index < -0.39 is 0 Å². The highest BCUT2D eigenvalue weighted by atomic mass is 14.6. The predicted molar refractivity (Wildman–Crippen MR) is 69.5 cm³/mol. The molecule has 0 heterocycles. The molecule has 16 heavy (non-hydrogen) atoms. The van der Waals surface area contributed by atoms with Crippen molar-refractivity contribution < 1.29 is 0 Å². The summed E-state index contributed by atoms with van der Waals surface area (Å²) in [6, 6.07) is 6.82. The number of benzene rings is 1. The average molecular weight is 217 g/mol. The summed E-state index contributed by atoms with van der Waals surface area (Å²) in [5.41, 5.74) is 10.5. The molecule has 1 nitrogen and oxygen atoms in total. The highest BCUT2D eigenvalue weighted by Gasteiger charge is 2.40. The molecule has 0 saturated heterocycles. The Morgan fingerprint density at radius 2 is 1.94 bits per heavy atom. The Morgan fingerprint density at radius 3 is 2.44 bits per heavy atom. The molecule has 0 radical (unpaired) electrons. The van der Waals surface area contributed by atoms with Gasteiger partial charge in [0.15, 0.2) is 0 Å². The van der Waals surface area contributed by atoms with E-state index in [0.717, 1.165) is 18.9 Å². The van der Waals surface area contributed by atoms with E-state index >= 15 is 0 Å². The maximum Gasteiger partial charge on any atom is -0.00173 e. The van der Waals surface area contributed by atoms with Gasteiger partial charge in [-0.2, -0.15) is 0 Å². The lowest BCUT2D eigenvalue weighted by molar-refractivity contribution is 0.281. The van der Waals surface area contributed by atoms with Gasteiger partial charge in [0.2, 0.25) is 0 Å². The summed E-state index contributed by atoms with van der Waals surface area (Å²) in [5.74, 6) is 0.860. The van der Waals surface area contributed by atoms with Gasteiger partial charge in [-0.15, -0.1) is 0 Å². The zero-order chi connectivity index (χ0) is 11.8. The molecule has 2 rings (SSSR count). The van der Waals surface area contributed by atoms with Gasteiger partial charge in [-0.1, -0.05) is 25.1 Å². The molecule has 0 aliphatic heterocycles. The maximum absolute atomic E-state index is 5.96. The summed E-state index contributed by atoms with van der Waals surface area (Å²) in [4.78, 5) is 0. The van der Waals surface area contributed by atoms with Crippen LogP contribution >= 0.6 is 0 Å². The van der Waals surface area contributed by atoms with E-state index in [9.17, 15) is 0 Å². The van der Waals surface area contributed by atoms with Gasteiger partial charge in [-0.05, 0) is 67.7 Å². The van der Waals surface area contributed by atoms with Crippen molar-refractivity contribution in [2.75, 3.05) is 6.54 Å². The SMILES string of the molecule is Cc1ccc(CC(C)(CN)C2CC2)cc1C. The summed E-state index contributed by atoms with van der Waals surface area (Å²) in [6.07, 6.45) is 3.88. The smallest absolute Gasteiger partial charge is 0.00173 e. The molecule has 0 spiro atoms. The van der Waals surface area contributed by atoms with Crippen molar-refractivity contribution in [3.05, 3.63) is 34.9 Å². The molecule has 1 aliphatic rings. The largest absolute Gasteiger partial charge is 0.330 e. The highest BCUT2D eigenvalue weighted by Crippen LogP contribution is 2.46. The number of hydrogen-bond donors (Lipinski definition) is 1. The Bertz CT molecular complexity index is 379. The fourth-order valence-electron chi connectivity index (χ4n) is 2.54. The van der Waals surface area contributed by atoms with E-state index in [1.807, 2.05) is 0 Å². The minimum Gasteiger partial charge on any atom is -0.330 e. The first kappa shape index (κ1) is 11.7. The molecule has 1 saturated carbocycles. The summed E-state index contributed by atoms with van der Waals surface area (Å²) in [7, 11) is 0. The first-order chi connectivity index (χ1) is 7.55. The molecule has 1 heteroatoms. The average Bonchev–Trinajstić information content (AvgIpc) is 3.07. The lowest BCUT2D eigenvalue weighted by Crippen LogP contribution is -2.31. The van der Waals surface area contributed by atoms with Crippen LogP contribution < -0.4 is 5.73 Å². The van der Waals surface area contributed by atoms with Gasteiger partial charge < -0.3 is 5.73 Å². The minimum absolute atomic E-state index is 0.321. The van der Waals surface area contributed by atoms with E-state index in [1.54, 1.807) is 0 Å². The first-order valence-electron chi connectivity index (χ1n) is 6.31. The lowest BCUT2D eigenvalue weighted by Gasteiger charge is -2.28. The van der Waals surface area contributed by atoms with Gasteiger partial charge in [0, 0.05) is 0 Å². The predicted octanol–water partition coefficient (Wildman–Crippen LogP) is 3.22. The van der Waals surface area contributed by atoms with Crippen LogP contribution in [0.5, 0.6) is 0 Å². The van der Waals surface area contributed by atoms with Crippen molar-refractivity contribution in [1.29, 1.82) is 0 Å². The highest BCUT2D eigenvalue weighted by molar-refractivity contribution is 5.30. The Balaban J connectivity index is 2.15. The summed E-state index contributed by atoms with van der Waals surface area (Å²) >= 11 is 0. The molecule has 1 unspecified atom stereocenters. The Morgan fingerprint density at radius 1 is 1.25 bits per heavy atom. The molecular weight excluding hydrogens is 194 g/mol. The first-order valence-corrected chi connectivity index (χ1v) is 6.31. The van der Waals surface area contributed by atoms with Crippen LogP contribution in [0, 0.1) is 25.2 Å². The van der Waals surface area contributed by atoms with Crippen LogP contribution in [0.25, 0.3) is 0 Å². The third-order valence-corrected chi connectivity index (χ3v) is 4.21. The molecule has 1 aliphatic carbocycles. The Labute approximate surface area is 99.0 Å². The van der Waals surface area contributed by atoms with Crippen molar-refractivity contribution in [3.8, 4) is 0 Å². The van der Waals surface area contributed by atoms with Gasteiger partial charge in [0.05, 0.1) is 0 Å². The third kappa shape index (κ3) is 2.30. The zero-order valence-electron chi connectivity index (χ0n) is 10.7. The van der Waals surface area contributed by atoms with Crippen LogP contribution in [0.4, 0.5) is 0 Å². The fraction of sp³-hybridized carbons (Fsp3) is 0.600. The Hall–Kier alpha value is -0.820. The number of aryl methyl sites for hydroxylation is 2. The van der Waals surface area contributed by atoms with Gasteiger partial charge in [-0.25, -0.2) is 0 Å². The molecule has 88 valence electrons. The second kappa shape index (κ2) is 4.21. The number of nitrogens with two attached hydrogens (primary N) is 1. The van der Waals surface area contributed by atoms with Crippen molar-refractivity contribution >= 4 is 0 Å². The zero-order valence-corrected chi connectivity index (χ0v) is 10.7. The van der Waals surface area contributed by atoms with E-state index in [-0.39, 0.29) is 0 Å². The van der Waals surface area contributed by atoms with Crippen LogP contribution in [0.1, 0.15) is 36.5 Å². The monoisotopic (exact) mass is 217 g/mol. The van der Waals surface area contributed by atoms with Crippen LogP contribution in [0.15, 0.2) is 18.2 Å². The summed E-state index contributed by atoms with van der Waals surface area (Å²) < 4.78 is 0. The molecule has 0 amide bonds. The number of hydrogen-bond acceptors (Lipinski definition) is 1. The van der Waals surface area contributed by atoms with E-state index in [0.29, 0.717) is 5.41 Å². The van der Waals surface area contributed by atoms with Gasteiger partial charge in [0.25, 0.3) is 0 Å². The van der Waals surface area contributed by atoms with Crippen molar-refractivity contribution in [2.24, 2.45) is 17.1 Å². The van der Waals surface area contributed by atoms with Gasteiger partial charge >= 0.3 is 0 Å². The molecule has 1 fully saturated rings. The molecule has 1 aromatic carbocycles. The lowest BCUT2D eigenvalue weighted by atomic mass is 9.79. The molecule has 1 aromatic rings. The van der Waals surface area contributed by atoms with Crippen molar-refractivity contribution in [3.63, 3.8) is 0 Å². The van der Waals surface area contributed by atoms with Crippen molar-refractivity contribution in [2.45, 2.75) is 40.0 Å². The number of rotatable bonds is 4. The minimum atomic E-state index is 0.321. The van der Waals surface area contributed by atoms with Gasteiger partial charge in [0.1, 0.15) is 0 Å². The quantitative estimate of drug-likeness (QED) is 0.823. The van der Waals surface area contributed by atoms with Crippen LogP contribution in [0.3, 0.4) is 0 Å². The van der Waals surface area contributed by atoms with Crippen molar-refractivity contribution in [1.82, 2.24) is 0 Å². The van der Waals surface area contributed by atoms with E-state index in [2.05, 4.69) is 39.0 Å². The van der Waals surface area contributed by atoms with Crippen LogP contribution in [-0.4, -0.2) is 6.54 Å². The Kier molecular flexibility index (Phi) is 3.07. The second-order valence-electron chi connectivity index (χ2n) is 5.73. The summed E-state index contributed by atoms with van der Waals surface area (Å²) in [6.45, 7) is 7.52.